The van der Waals surface area contributed by atoms with Crippen LogP contribution in [0.4, 0.5) is 0 Å². The van der Waals surface area contributed by atoms with Gasteiger partial charge in [0.25, 0.3) is 5.91 Å². The van der Waals surface area contributed by atoms with Gasteiger partial charge in [-0.05, 0) is 53.9 Å². The molecule has 7 heteroatoms. The molecule has 2 aliphatic rings. The number of nitrogens with one attached hydrogen (secondary N) is 1. The summed E-state index contributed by atoms with van der Waals surface area (Å²) >= 11 is 0. The lowest BCUT2D eigenvalue weighted by molar-refractivity contribution is -0.121. The van der Waals surface area contributed by atoms with Crippen LogP contribution in [0.1, 0.15) is 33.8 Å². The van der Waals surface area contributed by atoms with Crippen molar-refractivity contribution in [3.63, 3.8) is 0 Å². The quantitative estimate of drug-likeness (QED) is 0.609. The predicted molar refractivity (Wildman–Crippen MR) is 127 cm³/mol. The van der Waals surface area contributed by atoms with Crippen LogP contribution in [-0.4, -0.2) is 48.1 Å². The normalized spacial score (nSPS) is 19.6. The molecule has 3 aromatic rings. The molecule has 0 aromatic heterocycles. The Balaban J connectivity index is 1.53. The van der Waals surface area contributed by atoms with Gasteiger partial charge in [-0.25, -0.2) is 0 Å². The number of phenols is 1. The van der Waals surface area contributed by atoms with Gasteiger partial charge < -0.3 is 24.8 Å². The minimum absolute atomic E-state index is 0.00825. The number of methoxy groups -OCH3 is 1. The molecule has 174 valence electrons. The van der Waals surface area contributed by atoms with Crippen LogP contribution in [0.5, 0.6) is 23.0 Å². The van der Waals surface area contributed by atoms with Gasteiger partial charge in [-0.15, -0.1) is 0 Å². The van der Waals surface area contributed by atoms with Crippen molar-refractivity contribution in [1.29, 1.82) is 0 Å². The third kappa shape index (κ3) is 4.29. The van der Waals surface area contributed by atoms with Gasteiger partial charge in [0.2, 0.25) is 5.91 Å². The summed E-state index contributed by atoms with van der Waals surface area (Å²) in [5, 5.41) is 13.5. The largest absolute Gasteiger partial charge is 0.504 e. The lowest BCUT2D eigenvalue weighted by atomic mass is 9.93. The van der Waals surface area contributed by atoms with E-state index in [0.717, 1.165) is 11.1 Å². The van der Waals surface area contributed by atoms with Crippen LogP contribution < -0.4 is 14.8 Å². The Bertz CT molecular complexity index is 1230. The van der Waals surface area contributed by atoms with Gasteiger partial charge in [0.1, 0.15) is 0 Å². The lowest BCUT2D eigenvalue weighted by Gasteiger charge is -2.21. The number of nitrogens with zero attached hydrogens (tertiary/aromatic N) is 1. The summed E-state index contributed by atoms with van der Waals surface area (Å²) in [6.07, 6.45) is 0.794. The molecule has 3 aromatic carbocycles. The van der Waals surface area contributed by atoms with Gasteiger partial charge in [0.15, 0.2) is 23.0 Å². The zero-order chi connectivity index (χ0) is 23.7. The first-order chi connectivity index (χ1) is 16.5. The highest BCUT2D eigenvalue weighted by Gasteiger charge is 2.38. The molecule has 2 N–H and O–H groups in total. The van der Waals surface area contributed by atoms with Gasteiger partial charge in [-0.3, -0.25) is 9.59 Å². The molecule has 0 saturated carbocycles. The van der Waals surface area contributed by atoms with E-state index in [1.54, 1.807) is 42.3 Å². The van der Waals surface area contributed by atoms with Crippen molar-refractivity contribution in [3.05, 3.63) is 83.4 Å². The second kappa shape index (κ2) is 9.09. The molecule has 7 nitrogen and oxygen atoms in total. The number of hydrogen-bond donors (Lipinski definition) is 2. The van der Waals surface area contributed by atoms with E-state index < -0.39 is 0 Å². The SMILES string of the molecule is COc1ccc2cc1Oc1cc(ccc1O)CCC(=O)N[C@@H]1CN(C(=O)c3ccccc3)C[C@@H]21. The maximum absolute atomic E-state index is 13.1. The Hall–Kier alpha value is -4.00. The standard InChI is InChI=1S/C27H26N2O5/c1-33-23-11-9-19-14-25(23)34-24-13-17(7-10-22(24)30)8-12-26(31)28-21-16-29(15-20(19)21)27(32)18-5-3-2-4-6-18/h2-7,9-11,13-14,20-21,30H,8,12,15-16H2,1H3,(H,28,31)/t20-,21+/m0/s1. The summed E-state index contributed by atoms with van der Waals surface area (Å²) in [6.45, 7) is 0.879. The van der Waals surface area contributed by atoms with Crippen LogP contribution in [0.25, 0.3) is 0 Å². The van der Waals surface area contributed by atoms with Crippen molar-refractivity contribution < 1.29 is 24.2 Å². The highest BCUT2D eigenvalue weighted by molar-refractivity contribution is 5.94. The van der Waals surface area contributed by atoms with Crippen molar-refractivity contribution in [2.45, 2.75) is 24.8 Å². The zero-order valence-electron chi connectivity index (χ0n) is 18.9. The first kappa shape index (κ1) is 21.8. The molecular weight excluding hydrogens is 432 g/mol. The van der Waals surface area contributed by atoms with E-state index in [1.807, 2.05) is 36.4 Å². The van der Waals surface area contributed by atoms with E-state index in [4.69, 9.17) is 9.47 Å². The lowest BCUT2D eigenvalue weighted by Crippen LogP contribution is -2.40. The van der Waals surface area contributed by atoms with Gasteiger partial charge in [0, 0.05) is 31.0 Å². The number of aromatic hydroxyl groups is 1. The number of carbonyl (C=O) groups excluding carboxylic acids is 2. The number of rotatable bonds is 2. The first-order valence-electron chi connectivity index (χ1n) is 11.3. The van der Waals surface area contributed by atoms with Crippen LogP contribution in [0.15, 0.2) is 66.7 Å². The van der Waals surface area contributed by atoms with Crippen molar-refractivity contribution in [1.82, 2.24) is 10.2 Å². The average molecular weight is 459 g/mol. The molecular formula is C27H26N2O5. The Morgan fingerprint density at radius 2 is 1.85 bits per heavy atom. The molecule has 2 atom stereocenters. The van der Waals surface area contributed by atoms with Gasteiger partial charge in [0.05, 0.1) is 13.2 Å². The number of phenolic OH excluding ortho intramolecular Hbond substituents is 1. The average Bonchev–Trinajstić information content (AvgIpc) is 3.27. The summed E-state index contributed by atoms with van der Waals surface area (Å²) in [7, 11) is 1.56. The van der Waals surface area contributed by atoms with Crippen molar-refractivity contribution >= 4 is 11.8 Å². The third-order valence-electron chi connectivity index (χ3n) is 6.47. The Morgan fingerprint density at radius 3 is 2.65 bits per heavy atom. The van der Waals surface area contributed by atoms with E-state index in [2.05, 4.69) is 5.32 Å². The van der Waals surface area contributed by atoms with E-state index >= 15 is 0 Å². The third-order valence-corrected chi connectivity index (χ3v) is 6.47. The van der Waals surface area contributed by atoms with Gasteiger partial charge in [-0.1, -0.05) is 30.3 Å². The van der Waals surface area contributed by atoms with Crippen LogP contribution in [0, 0.1) is 0 Å². The number of benzene rings is 3. The fourth-order valence-electron chi connectivity index (χ4n) is 4.67. The first-order valence-corrected chi connectivity index (χ1v) is 11.3. The number of hydrogen-bond acceptors (Lipinski definition) is 5. The van der Waals surface area contributed by atoms with Crippen LogP contribution in [0.3, 0.4) is 0 Å². The topological polar surface area (TPSA) is 88.1 Å². The maximum atomic E-state index is 13.1. The van der Waals surface area contributed by atoms with Crippen LogP contribution >= 0.6 is 0 Å². The van der Waals surface area contributed by atoms with E-state index in [-0.39, 0.29) is 29.5 Å². The highest BCUT2D eigenvalue weighted by atomic mass is 16.5. The van der Waals surface area contributed by atoms with Crippen LogP contribution in [-0.2, 0) is 11.2 Å². The Kier molecular flexibility index (Phi) is 5.84. The van der Waals surface area contributed by atoms with E-state index in [9.17, 15) is 14.7 Å². The van der Waals surface area contributed by atoms with E-state index in [0.29, 0.717) is 48.7 Å². The summed E-state index contributed by atoms with van der Waals surface area (Å²) in [5.74, 6) is 1.04. The molecule has 1 saturated heterocycles. The maximum Gasteiger partial charge on any atom is 0.253 e. The molecule has 2 heterocycles. The highest BCUT2D eigenvalue weighted by Crippen LogP contribution is 2.40. The summed E-state index contributed by atoms with van der Waals surface area (Å²) < 4.78 is 11.6. The monoisotopic (exact) mass is 458 g/mol. The molecule has 0 spiro atoms. The minimum atomic E-state index is -0.237. The molecule has 4 bridgehead atoms. The number of carbonyl (C=O) groups is 2. The number of fused-ring (bicyclic) bond motifs is 6. The Morgan fingerprint density at radius 1 is 1.03 bits per heavy atom. The molecule has 0 aliphatic carbocycles. The number of ether oxygens (including phenoxy) is 2. The molecule has 5 rings (SSSR count). The van der Waals surface area contributed by atoms with Crippen molar-refractivity contribution in [2.75, 3.05) is 20.2 Å². The zero-order valence-corrected chi connectivity index (χ0v) is 18.9. The molecule has 34 heavy (non-hydrogen) atoms. The minimum Gasteiger partial charge on any atom is -0.504 e. The van der Waals surface area contributed by atoms with E-state index in [1.165, 1.54) is 0 Å². The smallest absolute Gasteiger partial charge is 0.253 e. The molecule has 2 aliphatic heterocycles. The molecule has 2 amide bonds. The second-order valence-electron chi connectivity index (χ2n) is 8.67. The molecule has 0 radical (unpaired) electrons. The number of amides is 2. The van der Waals surface area contributed by atoms with Gasteiger partial charge in [-0.2, -0.15) is 0 Å². The van der Waals surface area contributed by atoms with Crippen molar-refractivity contribution in [2.24, 2.45) is 0 Å². The van der Waals surface area contributed by atoms with Crippen LogP contribution in [0.2, 0.25) is 0 Å². The predicted octanol–water partition coefficient (Wildman–Crippen LogP) is 3.86. The Labute approximate surface area is 197 Å². The number of likely N-dealkylation sites (tertiary alicyclic amines) is 1. The molecule has 0 unspecified atom stereocenters. The fourth-order valence-corrected chi connectivity index (χ4v) is 4.67. The number of aryl methyl sites for hydroxylation is 1. The van der Waals surface area contributed by atoms with Gasteiger partial charge >= 0.3 is 0 Å². The fraction of sp³-hybridized carbons (Fsp3) is 0.259. The summed E-state index contributed by atoms with van der Waals surface area (Å²) in [4.78, 5) is 27.8. The summed E-state index contributed by atoms with van der Waals surface area (Å²) in [5.41, 5.74) is 2.41. The molecule has 1 fully saturated rings. The summed E-state index contributed by atoms with van der Waals surface area (Å²) in [6, 6.07) is 19.6. The second-order valence-corrected chi connectivity index (χ2v) is 8.67. The van der Waals surface area contributed by atoms with Crippen molar-refractivity contribution in [3.8, 4) is 23.0 Å².